The monoisotopic (exact) mass is 850 g/mol. The fraction of sp³-hybridized carbons (Fsp3) is 0.237. The Labute approximate surface area is 347 Å². The van der Waals surface area contributed by atoms with E-state index in [1.54, 1.807) is 21.9 Å². The number of carbonyl (C=O) groups excluding carboxylic acids is 7. The van der Waals surface area contributed by atoms with E-state index in [0.29, 0.717) is 62.7 Å². The lowest BCUT2D eigenvalue weighted by molar-refractivity contribution is 0.0990. The molecule has 4 heterocycles. The molecule has 2 saturated heterocycles. The maximum atomic E-state index is 12.3. The average Bonchev–Trinajstić information content (AvgIpc) is 3.22. The molecule has 2 aromatic heterocycles. The summed E-state index contributed by atoms with van der Waals surface area (Å²) in [6, 6.07) is 12.3. The number of rotatable bonds is 9. The van der Waals surface area contributed by atoms with Gasteiger partial charge in [0.25, 0.3) is 0 Å². The lowest BCUT2D eigenvalue weighted by Gasteiger charge is -2.34. The molecule has 19 nitrogen and oxygen atoms in total. The first-order valence-corrected chi connectivity index (χ1v) is 18.4. The van der Waals surface area contributed by atoms with E-state index in [1.165, 1.54) is 55.1 Å². The number of primary amides is 4. The molecule has 59 heavy (non-hydrogen) atoms. The Kier molecular flexibility index (Phi) is 16.6. The van der Waals surface area contributed by atoms with E-state index < -0.39 is 35.8 Å². The van der Waals surface area contributed by atoms with Crippen LogP contribution < -0.4 is 37.7 Å². The normalized spacial score (nSPS) is 13.7. The number of halogens is 2. The molecule has 0 radical (unpaired) electrons. The van der Waals surface area contributed by atoms with Crippen molar-refractivity contribution in [2.75, 3.05) is 52.4 Å². The molecule has 0 spiro atoms. The van der Waals surface area contributed by atoms with E-state index in [4.69, 9.17) is 55.6 Å². The zero-order valence-electron chi connectivity index (χ0n) is 31.3. The smallest absolute Gasteiger partial charge is 0.409 e. The summed E-state index contributed by atoms with van der Waals surface area (Å²) in [5.74, 6) is -2.08. The second kappa shape index (κ2) is 21.7. The van der Waals surface area contributed by atoms with Crippen LogP contribution in [-0.4, -0.2) is 119 Å². The quantitative estimate of drug-likeness (QED) is 0.151. The third-order valence-electron chi connectivity index (χ3n) is 8.51. The highest BCUT2D eigenvalue weighted by Gasteiger charge is 2.24. The van der Waals surface area contributed by atoms with Gasteiger partial charge in [-0.1, -0.05) is 35.3 Å². The molecule has 0 unspecified atom stereocenters. The highest BCUT2D eigenvalue weighted by molar-refractivity contribution is 6.34. The predicted octanol–water partition coefficient (Wildman–Crippen LogP) is 2.09. The van der Waals surface area contributed by atoms with Gasteiger partial charge in [0.1, 0.15) is 6.29 Å². The highest BCUT2D eigenvalue weighted by atomic mass is 35.5. The first kappa shape index (κ1) is 45.0. The first-order chi connectivity index (χ1) is 28.1. The van der Waals surface area contributed by atoms with E-state index in [9.17, 15) is 33.6 Å². The minimum atomic E-state index is -0.647. The second-order valence-corrected chi connectivity index (χ2v) is 13.5. The first-order valence-electron chi connectivity index (χ1n) is 17.6. The number of hydrogen-bond acceptors (Lipinski definition) is 13. The van der Waals surface area contributed by atoms with Gasteiger partial charge in [0.2, 0.25) is 23.6 Å². The molecule has 21 heteroatoms. The summed E-state index contributed by atoms with van der Waals surface area (Å²) in [7, 11) is 0. The van der Waals surface area contributed by atoms with Gasteiger partial charge in [0, 0.05) is 76.9 Å². The molecule has 2 aliphatic rings. The molecule has 4 aromatic rings. The fourth-order valence-corrected chi connectivity index (χ4v) is 5.83. The van der Waals surface area contributed by atoms with Crippen LogP contribution in [0.4, 0.5) is 9.59 Å². The van der Waals surface area contributed by atoms with E-state index in [1.807, 2.05) is 6.07 Å². The molecular weight excluding hydrogens is 811 g/mol. The summed E-state index contributed by atoms with van der Waals surface area (Å²) in [4.78, 5) is 91.7. The van der Waals surface area contributed by atoms with Crippen LogP contribution in [0.5, 0.6) is 11.5 Å². The molecular formula is C38H40Cl2N10O9. The van der Waals surface area contributed by atoms with Crippen LogP contribution in [0.15, 0.2) is 73.3 Å². The molecule has 2 aliphatic heterocycles. The molecule has 9 N–H and O–H groups in total. The van der Waals surface area contributed by atoms with Gasteiger partial charge in [-0.3, -0.25) is 38.8 Å². The maximum Gasteiger partial charge on any atom is 0.415 e. The van der Waals surface area contributed by atoms with Gasteiger partial charge in [0.15, 0.2) is 11.5 Å². The predicted molar refractivity (Wildman–Crippen MR) is 214 cm³/mol. The molecule has 2 fully saturated rings. The number of benzene rings is 2. The van der Waals surface area contributed by atoms with Crippen molar-refractivity contribution in [3.8, 4) is 11.5 Å². The number of piperazine rings is 2. The molecule has 310 valence electrons. The number of hydrogen-bond donors (Lipinski definition) is 5. The van der Waals surface area contributed by atoms with Gasteiger partial charge in [-0.15, -0.1) is 0 Å². The van der Waals surface area contributed by atoms with Gasteiger partial charge in [0.05, 0.1) is 44.7 Å². The zero-order chi connectivity index (χ0) is 43.1. The lowest BCUT2D eigenvalue weighted by atomic mass is 10.1. The van der Waals surface area contributed by atoms with Gasteiger partial charge in [-0.2, -0.15) is 0 Å². The molecule has 0 saturated carbocycles. The molecule has 0 bridgehead atoms. The fourth-order valence-electron chi connectivity index (χ4n) is 5.41. The van der Waals surface area contributed by atoms with Crippen molar-refractivity contribution in [3.05, 3.63) is 117 Å². The summed E-state index contributed by atoms with van der Waals surface area (Å²) in [5, 5.41) is 3.71. The Morgan fingerprint density at radius 1 is 0.627 bits per heavy atom. The number of nitrogens with two attached hydrogens (primary N) is 4. The summed E-state index contributed by atoms with van der Waals surface area (Å²) in [6.07, 6.45) is 5.01. The van der Waals surface area contributed by atoms with Crippen LogP contribution in [0.25, 0.3) is 0 Å². The number of carbonyl (C=O) groups is 7. The molecule has 0 atom stereocenters. The lowest BCUT2D eigenvalue weighted by Crippen LogP contribution is -2.49. The van der Waals surface area contributed by atoms with Crippen molar-refractivity contribution in [3.63, 3.8) is 0 Å². The van der Waals surface area contributed by atoms with Crippen molar-refractivity contribution in [2.24, 2.45) is 22.9 Å². The third kappa shape index (κ3) is 13.7. The van der Waals surface area contributed by atoms with Crippen molar-refractivity contribution in [1.29, 1.82) is 0 Å². The third-order valence-corrected chi connectivity index (χ3v) is 9.16. The van der Waals surface area contributed by atoms with Gasteiger partial charge >= 0.3 is 12.2 Å². The SMILES string of the molecule is NC(=O)c1cc(C=O)ccc1Cl.NC(=O)c1cncc(OC(=O)N2CCN(Cc3ccc(Cl)c(C(N)=O)c3)CC2)c1.NC(=O)c1cncc(OC(=O)N2CCNCC2)c1. The van der Waals surface area contributed by atoms with Crippen LogP contribution in [0, 0.1) is 0 Å². The summed E-state index contributed by atoms with van der Waals surface area (Å²) in [5.41, 5.74) is 22.8. The Hall–Kier alpha value is -6.67. The Morgan fingerprint density at radius 2 is 1.10 bits per heavy atom. The summed E-state index contributed by atoms with van der Waals surface area (Å²) >= 11 is 11.6. The summed E-state index contributed by atoms with van der Waals surface area (Å²) < 4.78 is 10.4. The van der Waals surface area contributed by atoms with Gasteiger partial charge < -0.3 is 47.5 Å². The standard InChI is InChI=1S/C19H20ClN5O4.C11H14N4O3.C8H6ClNO2/c20-16-2-1-12(7-15(16)18(22)27)11-24-3-5-25(6-4-24)19(28)29-14-8-13(17(21)26)9-23-10-14;12-10(16)8-5-9(7-14-6-8)18-11(17)15-3-1-13-2-4-15;9-7-2-1-5(4-11)3-6(7)8(10)12/h1-2,7-10H,3-6,11H2,(H2,21,26)(H2,22,27);5-7,13H,1-4H2,(H2,12,16);1-4H,(H2,10,12). The molecule has 6 amide bonds. The van der Waals surface area contributed by atoms with E-state index in [-0.39, 0.29) is 38.8 Å². The number of aldehydes is 1. The minimum Gasteiger partial charge on any atom is -0.409 e. The Balaban J connectivity index is 0.000000217. The van der Waals surface area contributed by atoms with Crippen LogP contribution in [0.1, 0.15) is 57.4 Å². The topological polar surface area (TPSA) is 290 Å². The highest BCUT2D eigenvalue weighted by Crippen LogP contribution is 2.20. The van der Waals surface area contributed by atoms with Crippen LogP contribution >= 0.6 is 23.2 Å². The van der Waals surface area contributed by atoms with Crippen LogP contribution in [-0.2, 0) is 6.54 Å². The zero-order valence-corrected chi connectivity index (χ0v) is 32.9. The van der Waals surface area contributed by atoms with Crippen molar-refractivity contribution in [1.82, 2.24) is 30.0 Å². The summed E-state index contributed by atoms with van der Waals surface area (Å²) in [6.45, 7) is 5.49. The number of nitrogens with zero attached hydrogens (tertiary/aromatic N) is 5. The Morgan fingerprint density at radius 3 is 1.58 bits per heavy atom. The molecule has 6 rings (SSSR count). The van der Waals surface area contributed by atoms with Crippen molar-refractivity contribution >= 4 is 65.3 Å². The van der Waals surface area contributed by atoms with Crippen molar-refractivity contribution < 1.29 is 43.0 Å². The minimum absolute atomic E-state index is 0.161. The molecule has 2 aromatic carbocycles. The van der Waals surface area contributed by atoms with E-state index in [0.717, 1.165) is 18.7 Å². The van der Waals surface area contributed by atoms with Gasteiger partial charge in [-0.25, -0.2) is 9.59 Å². The number of nitrogens with one attached hydrogen (secondary N) is 1. The van der Waals surface area contributed by atoms with Crippen LogP contribution in [0.2, 0.25) is 10.0 Å². The van der Waals surface area contributed by atoms with Crippen molar-refractivity contribution in [2.45, 2.75) is 6.54 Å². The number of ether oxygens (including phenoxy) is 2. The van der Waals surface area contributed by atoms with Crippen LogP contribution in [0.3, 0.4) is 0 Å². The molecule has 0 aliphatic carbocycles. The average molecular weight is 852 g/mol. The number of amides is 6. The van der Waals surface area contributed by atoms with Gasteiger partial charge in [-0.05, 0) is 42.0 Å². The Bertz CT molecular complexity index is 2200. The second-order valence-electron chi connectivity index (χ2n) is 12.7. The van der Waals surface area contributed by atoms with E-state index >= 15 is 0 Å². The number of pyridine rings is 2. The largest absolute Gasteiger partial charge is 0.415 e. The maximum absolute atomic E-state index is 12.3. The number of aromatic nitrogens is 2. The van der Waals surface area contributed by atoms with E-state index in [2.05, 4.69) is 20.2 Å².